The van der Waals surface area contributed by atoms with E-state index in [-0.39, 0.29) is 12.0 Å². The average molecular weight is 278 g/mol. The molecule has 0 bridgehead atoms. The molecule has 2 atom stereocenters. The van der Waals surface area contributed by atoms with Crippen LogP contribution in [0.2, 0.25) is 0 Å². The number of hydrogen-bond donors (Lipinski definition) is 1. The Balaban J connectivity index is 2.84. The van der Waals surface area contributed by atoms with E-state index in [9.17, 15) is 5.11 Å². The molecule has 20 heavy (non-hydrogen) atoms. The Morgan fingerprint density at radius 1 is 1.20 bits per heavy atom. The molecule has 0 aliphatic heterocycles. The fourth-order valence-electron chi connectivity index (χ4n) is 2.74. The van der Waals surface area contributed by atoms with E-state index in [2.05, 4.69) is 56.8 Å². The minimum absolute atomic E-state index is 0.169. The molecule has 1 N–H and O–H groups in total. The molecule has 3 nitrogen and oxygen atoms in total. The minimum atomic E-state index is -0.210. The van der Waals surface area contributed by atoms with Gasteiger partial charge in [-0.1, -0.05) is 44.2 Å². The Labute approximate surface area is 124 Å². The van der Waals surface area contributed by atoms with Crippen molar-refractivity contribution in [2.24, 2.45) is 0 Å². The van der Waals surface area contributed by atoms with Crippen LogP contribution in [0.15, 0.2) is 30.3 Å². The first-order valence-electron chi connectivity index (χ1n) is 7.48. The second kappa shape index (κ2) is 7.77. The molecule has 1 aromatic rings. The van der Waals surface area contributed by atoms with E-state index >= 15 is 0 Å². The van der Waals surface area contributed by atoms with E-state index in [0.717, 1.165) is 19.6 Å². The molecule has 2 unspecified atom stereocenters. The summed E-state index contributed by atoms with van der Waals surface area (Å²) in [6.45, 7) is 9.66. The standard InChI is InChI=1S/C17H30N2O/c1-6-19(15(2)12-18(4)5)13-17(3,14-20)16-10-8-7-9-11-16/h7-11,15,20H,6,12-14H2,1-5H3. The zero-order chi connectivity index (χ0) is 15.2. The first kappa shape index (κ1) is 17.2. The van der Waals surface area contributed by atoms with E-state index < -0.39 is 0 Å². The Morgan fingerprint density at radius 3 is 2.25 bits per heavy atom. The number of hydrogen-bond acceptors (Lipinski definition) is 3. The summed E-state index contributed by atoms with van der Waals surface area (Å²) in [7, 11) is 4.21. The summed E-state index contributed by atoms with van der Waals surface area (Å²) in [6, 6.07) is 10.8. The van der Waals surface area contributed by atoms with Gasteiger partial charge < -0.3 is 10.0 Å². The third-order valence-electron chi connectivity index (χ3n) is 4.03. The third-order valence-corrected chi connectivity index (χ3v) is 4.03. The predicted molar refractivity (Wildman–Crippen MR) is 86.1 cm³/mol. The summed E-state index contributed by atoms with van der Waals surface area (Å²) in [5, 5.41) is 9.91. The molecule has 0 aromatic heterocycles. The molecule has 0 spiro atoms. The number of likely N-dealkylation sites (N-methyl/N-ethyl adjacent to an activating group) is 2. The van der Waals surface area contributed by atoms with Gasteiger partial charge in [-0.05, 0) is 33.1 Å². The lowest BCUT2D eigenvalue weighted by Crippen LogP contribution is -2.48. The van der Waals surface area contributed by atoms with Crippen molar-refractivity contribution in [3.8, 4) is 0 Å². The van der Waals surface area contributed by atoms with Gasteiger partial charge in [0.15, 0.2) is 0 Å². The largest absolute Gasteiger partial charge is 0.395 e. The maximum atomic E-state index is 9.91. The maximum Gasteiger partial charge on any atom is 0.0537 e. The summed E-state index contributed by atoms with van der Waals surface area (Å²) in [4.78, 5) is 4.66. The number of nitrogens with zero attached hydrogens (tertiary/aromatic N) is 2. The first-order chi connectivity index (χ1) is 9.42. The lowest BCUT2D eigenvalue weighted by Gasteiger charge is -2.38. The van der Waals surface area contributed by atoms with E-state index in [1.165, 1.54) is 5.56 Å². The highest BCUT2D eigenvalue weighted by atomic mass is 16.3. The lowest BCUT2D eigenvalue weighted by molar-refractivity contribution is 0.111. The van der Waals surface area contributed by atoms with Crippen molar-refractivity contribution in [3.63, 3.8) is 0 Å². The van der Waals surface area contributed by atoms with Crippen LogP contribution in [0.1, 0.15) is 26.3 Å². The van der Waals surface area contributed by atoms with E-state index in [0.29, 0.717) is 6.04 Å². The first-order valence-corrected chi connectivity index (χ1v) is 7.48. The van der Waals surface area contributed by atoms with Crippen molar-refractivity contribution in [1.82, 2.24) is 9.80 Å². The molecule has 0 radical (unpaired) electrons. The SMILES string of the molecule is CCN(CC(C)(CO)c1ccccc1)C(C)CN(C)C. The fraction of sp³-hybridized carbons (Fsp3) is 0.647. The van der Waals surface area contributed by atoms with E-state index in [4.69, 9.17) is 0 Å². The second-order valence-electron chi connectivity index (χ2n) is 6.26. The van der Waals surface area contributed by atoms with Crippen molar-refractivity contribution in [3.05, 3.63) is 35.9 Å². The van der Waals surface area contributed by atoms with Crippen LogP contribution in [0.25, 0.3) is 0 Å². The molecule has 0 aliphatic rings. The summed E-state index contributed by atoms with van der Waals surface area (Å²) in [6.07, 6.45) is 0. The predicted octanol–water partition coefficient (Wildman–Crippen LogP) is 2.21. The smallest absolute Gasteiger partial charge is 0.0537 e. The topological polar surface area (TPSA) is 26.7 Å². The molecular weight excluding hydrogens is 248 g/mol. The van der Waals surface area contributed by atoms with Gasteiger partial charge in [-0.25, -0.2) is 0 Å². The number of benzene rings is 1. The maximum absolute atomic E-state index is 9.91. The Morgan fingerprint density at radius 2 is 1.80 bits per heavy atom. The van der Waals surface area contributed by atoms with Crippen LogP contribution in [-0.4, -0.2) is 61.3 Å². The fourth-order valence-corrected chi connectivity index (χ4v) is 2.74. The van der Waals surface area contributed by atoms with Crippen LogP contribution in [-0.2, 0) is 5.41 Å². The summed E-state index contributed by atoms with van der Waals surface area (Å²) in [5.74, 6) is 0. The van der Waals surface area contributed by atoms with Crippen LogP contribution >= 0.6 is 0 Å². The van der Waals surface area contributed by atoms with Crippen LogP contribution in [0.5, 0.6) is 0 Å². The van der Waals surface area contributed by atoms with E-state index in [1.807, 2.05) is 18.2 Å². The second-order valence-corrected chi connectivity index (χ2v) is 6.26. The molecule has 114 valence electrons. The molecule has 3 heteroatoms. The molecular formula is C17H30N2O. The summed E-state index contributed by atoms with van der Waals surface area (Å²) in [5.41, 5.74) is 0.996. The zero-order valence-electron chi connectivity index (χ0n) is 13.6. The van der Waals surface area contributed by atoms with Gasteiger partial charge in [0, 0.05) is 24.5 Å². The van der Waals surface area contributed by atoms with Crippen LogP contribution in [0.3, 0.4) is 0 Å². The molecule has 0 fully saturated rings. The quantitative estimate of drug-likeness (QED) is 0.790. The van der Waals surface area contributed by atoms with Gasteiger partial charge in [0.25, 0.3) is 0 Å². The number of rotatable bonds is 8. The molecule has 0 aliphatic carbocycles. The zero-order valence-corrected chi connectivity index (χ0v) is 13.6. The van der Waals surface area contributed by atoms with Gasteiger partial charge >= 0.3 is 0 Å². The Kier molecular flexibility index (Phi) is 6.66. The number of aliphatic hydroxyl groups is 1. The van der Waals surface area contributed by atoms with Gasteiger partial charge in [-0.15, -0.1) is 0 Å². The van der Waals surface area contributed by atoms with Gasteiger partial charge in [0.2, 0.25) is 0 Å². The van der Waals surface area contributed by atoms with Crippen molar-refractivity contribution in [2.45, 2.75) is 32.2 Å². The highest BCUT2D eigenvalue weighted by Gasteiger charge is 2.29. The Bertz CT molecular complexity index is 380. The van der Waals surface area contributed by atoms with Gasteiger partial charge in [-0.3, -0.25) is 4.90 Å². The molecule has 1 aromatic carbocycles. The van der Waals surface area contributed by atoms with Gasteiger partial charge in [-0.2, -0.15) is 0 Å². The summed E-state index contributed by atoms with van der Waals surface area (Å²) < 4.78 is 0. The highest BCUT2D eigenvalue weighted by Crippen LogP contribution is 2.25. The van der Waals surface area contributed by atoms with Crippen molar-refractivity contribution in [1.29, 1.82) is 0 Å². The molecule has 0 saturated heterocycles. The summed E-state index contributed by atoms with van der Waals surface area (Å²) >= 11 is 0. The van der Waals surface area contributed by atoms with Gasteiger partial charge in [0.1, 0.15) is 0 Å². The van der Waals surface area contributed by atoms with Crippen molar-refractivity contribution in [2.75, 3.05) is 40.3 Å². The molecule has 0 heterocycles. The number of aliphatic hydroxyl groups excluding tert-OH is 1. The van der Waals surface area contributed by atoms with Crippen LogP contribution < -0.4 is 0 Å². The van der Waals surface area contributed by atoms with E-state index in [1.54, 1.807) is 0 Å². The molecule has 1 rings (SSSR count). The van der Waals surface area contributed by atoms with Gasteiger partial charge in [0.05, 0.1) is 6.61 Å². The molecule has 0 amide bonds. The van der Waals surface area contributed by atoms with Crippen molar-refractivity contribution < 1.29 is 5.11 Å². The minimum Gasteiger partial charge on any atom is -0.395 e. The normalized spacial score (nSPS) is 16.4. The van der Waals surface area contributed by atoms with Crippen LogP contribution in [0.4, 0.5) is 0 Å². The highest BCUT2D eigenvalue weighted by molar-refractivity contribution is 5.25. The Hall–Kier alpha value is -0.900. The monoisotopic (exact) mass is 278 g/mol. The lowest BCUT2D eigenvalue weighted by atomic mass is 9.82. The third kappa shape index (κ3) is 4.58. The van der Waals surface area contributed by atoms with Crippen molar-refractivity contribution >= 4 is 0 Å². The molecule has 0 saturated carbocycles. The van der Waals surface area contributed by atoms with Crippen LogP contribution in [0, 0.1) is 0 Å². The average Bonchev–Trinajstić information content (AvgIpc) is 2.44.